The van der Waals surface area contributed by atoms with E-state index in [4.69, 9.17) is 10.8 Å². The topological polar surface area (TPSA) is 70.6 Å². The molecular formula is C9H21N3O. The van der Waals surface area contributed by atoms with Crippen LogP contribution in [0, 0.1) is 5.92 Å². The third kappa shape index (κ3) is 6.40. The van der Waals surface area contributed by atoms with Crippen molar-refractivity contribution in [2.45, 2.75) is 33.2 Å². The number of guanidine groups is 1. The van der Waals surface area contributed by atoms with Gasteiger partial charge >= 0.3 is 0 Å². The van der Waals surface area contributed by atoms with Crippen molar-refractivity contribution in [1.82, 2.24) is 5.32 Å². The molecule has 4 nitrogen and oxygen atoms in total. The molecule has 0 radical (unpaired) electrons. The third-order valence-electron chi connectivity index (χ3n) is 1.66. The lowest BCUT2D eigenvalue weighted by atomic mass is 10.0. The molecule has 0 heterocycles. The van der Waals surface area contributed by atoms with Gasteiger partial charge in [-0.25, -0.2) is 0 Å². The number of aliphatic imine (C=N–C) groups is 1. The normalized spacial score (nSPS) is 14.7. The fourth-order valence-corrected chi connectivity index (χ4v) is 1.17. The Morgan fingerprint density at radius 1 is 1.54 bits per heavy atom. The van der Waals surface area contributed by atoms with E-state index in [1.165, 1.54) is 0 Å². The highest BCUT2D eigenvalue weighted by Crippen LogP contribution is 2.03. The molecule has 0 aliphatic heterocycles. The monoisotopic (exact) mass is 187 g/mol. The summed E-state index contributed by atoms with van der Waals surface area (Å²) in [5.74, 6) is 0.960. The van der Waals surface area contributed by atoms with Gasteiger partial charge in [-0.05, 0) is 19.3 Å². The first-order chi connectivity index (χ1) is 6.10. The lowest BCUT2D eigenvalue weighted by Gasteiger charge is -2.18. The second-order valence-electron chi connectivity index (χ2n) is 3.51. The zero-order valence-corrected chi connectivity index (χ0v) is 8.75. The molecule has 0 amide bonds. The van der Waals surface area contributed by atoms with Gasteiger partial charge in [-0.15, -0.1) is 0 Å². The molecule has 13 heavy (non-hydrogen) atoms. The molecule has 0 rings (SSSR count). The van der Waals surface area contributed by atoms with Crippen LogP contribution in [0.2, 0.25) is 0 Å². The van der Waals surface area contributed by atoms with Gasteiger partial charge in [0.1, 0.15) is 0 Å². The van der Waals surface area contributed by atoms with E-state index >= 15 is 0 Å². The Morgan fingerprint density at radius 3 is 2.54 bits per heavy atom. The van der Waals surface area contributed by atoms with E-state index in [-0.39, 0.29) is 12.6 Å². The van der Waals surface area contributed by atoms with Crippen LogP contribution in [-0.4, -0.2) is 30.3 Å². The van der Waals surface area contributed by atoms with Crippen LogP contribution >= 0.6 is 0 Å². The molecule has 0 bridgehead atoms. The molecule has 1 atom stereocenters. The highest BCUT2D eigenvalue weighted by atomic mass is 16.3. The van der Waals surface area contributed by atoms with Gasteiger partial charge in [-0.1, -0.05) is 13.8 Å². The summed E-state index contributed by atoms with van der Waals surface area (Å²) >= 11 is 0. The van der Waals surface area contributed by atoms with Crippen LogP contribution in [0.4, 0.5) is 0 Å². The van der Waals surface area contributed by atoms with Crippen LogP contribution in [0.15, 0.2) is 4.99 Å². The van der Waals surface area contributed by atoms with Crippen molar-refractivity contribution in [2.24, 2.45) is 16.6 Å². The second-order valence-corrected chi connectivity index (χ2v) is 3.51. The van der Waals surface area contributed by atoms with Crippen LogP contribution in [0.1, 0.15) is 27.2 Å². The highest BCUT2D eigenvalue weighted by Gasteiger charge is 2.09. The number of aliphatic hydroxyl groups is 1. The van der Waals surface area contributed by atoms with Crippen molar-refractivity contribution < 1.29 is 5.11 Å². The van der Waals surface area contributed by atoms with Crippen LogP contribution < -0.4 is 11.1 Å². The maximum Gasteiger partial charge on any atom is 0.188 e. The predicted molar refractivity (Wildman–Crippen MR) is 55.6 cm³/mol. The number of nitrogens with zero attached hydrogens (tertiary/aromatic N) is 1. The number of hydrogen-bond donors (Lipinski definition) is 3. The Balaban J connectivity index is 3.90. The molecule has 0 spiro atoms. The minimum Gasteiger partial charge on any atom is -0.394 e. The second kappa shape index (κ2) is 6.71. The van der Waals surface area contributed by atoms with E-state index in [0.29, 0.717) is 18.4 Å². The van der Waals surface area contributed by atoms with Gasteiger partial charge in [0.05, 0.1) is 12.6 Å². The fraction of sp³-hybridized carbons (Fsp3) is 0.889. The van der Waals surface area contributed by atoms with Crippen molar-refractivity contribution >= 4 is 5.96 Å². The molecule has 0 saturated carbocycles. The number of aliphatic hydroxyl groups excluding tert-OH is 1. The van der Waals surface area contributed by atoms with Crippen LogP contribution in [0.3, 0.4) is 0 Å². The van der Waals surface area contributed by atoms with Crippen LogP contribution in [0.25, 0.3) is 0 Å². The Hall–Kier alpha value is -0.770. The Morgan fingerprint density at radius 2 is 2.15 bits per heavy atom. The standard InChI is InChI=1S/C9H21N3O/c1-4-11-9(10)12-8(6-13)5-7(2)3/h7-8,13H,4-6H2,1-3H3,(H3,10,11,12). The molecular weight excluding hydrogens is 166 g/mol. The lowest BCUT2D eigenvalue weighted by molar-refractivity contribution is 0.238. The smallest absolute Gasteiger partial charge is 0.188 e. The largest absolute Gasteiger partial charge is 0.394 e. The van der Waals surface area contributed by atoms with Crippen molar-refractivity contribution in [1.29, 1.82) is 0 Å². The van der Waals surface area contributed by atoms with Crippen molar-refractivity contribution in [3.8, 4) is 0 Å². The Kier molecular flexibility index (Phi) is 6.32. The molecule has 0 aromatic rings. The summed E-state index contributed by atoms with van der Waals surface area (Å²) in [4.78, 5) is 3.99. The fourth-order valence-electron chi connectivity index (χ4n) is 1.17. The first-order valence-electron chi connectivity index (χ1n) is 4.77. The maximum absolute atomic E-state index is 9.02. The van der Waals surface area contributed by atoms with E-state index in [2.05, 4.69) is 24.2 Å². The van der Waals surface area contributed by atoms with E-state index in [1.807, 2.05) is 6.92 Å². The summed E-state index contributed by atoms with van der Waals surface area (Å²) in [5.41, 5.74) is 5.56. The predicted octanol–water partition coefficient (Wildman–Crippen LogP) is 0.318. The van der Waals surface area contributed by atoms with E-state index in [0.717, 1.165) is 6.42 Å². The zero-order chi connectivity index (χ0) is 10.3. The summed E-state index contributed by atoms with van der Waals surface area (Å²) in [5, 5.41) is 12.0. The Bertz CT molecular complexity index is 157. The van der Waals surface area contributed by atoms with Gasteiger partial charge in [-0.2, -0.15) is 0 Å². The van der Waals surface area contributed by atoms with E-state index in [1.54, 1.807) is 0 Å². The quantitative estimate of drug-likeness (QED) is 0.429. The minimum atomic E-state index is 0.0234. The first kappa shape index (κ1) is 12.2. The first-order valence-corrected chi connectivity index (χ1v) is 4.77. The van der Waals surface area contributed by atoms with Crippen molar-refractivity contribution in [3.05, 3.63) is 0 Å². The third-order valence-corrected chi connectivity index (χ3v) is 1.66. The molecule has 4 N–H and O–H groups in total. The molecule has 0 fully saturated rings. The number of nitrogens with one attached hydrogen (secondary N) is 1. The summed E-state index contributed by atoms with van der Waals surface area (Å²) in [6, 6.07) is 0.0234. The molecule has 0 aliphatic rings. The van der Waals surface area contributed by atoms with Gasteiger partial charge in [0.15, 0.2) is 5.96 Å². The molecule has 1 unspecified atom stereocenters. The van der Waals surface area contributed by atoms with E-state index < -0.39 is 0 Å². The molecule has 78 valence electrons. The summed E-state index contributed by atoms with van der Waals surface area (Å²) in [7, 11) is 0. The lowest BCUT2D eigenvalue weighted by Crippen LogP contribution is -2.42. The van der Waals surface area contributed by atoms with E-state index in [9.17, 15) is 0 Å². The summed E-state index contributed by atoms with van der Waals surface area (Å²) < 4.78 is 0. The van der Waals surface area contributed by atoms with Crippen LogP contribution in [-0.2, 0) is 0 Å². The maximum atomic E-state index is 9.02. The summed E-state index contributed by atoms with van der Waals surface area (Å²) in [6.45, 7) is 6.90. The SMILES string of the molecule is CCN=C(N)NC(CO)CC(C)C. The molecule has 0 aliphatic carbocycles. The summed E-state index contributed by atoms with van der Waals surface area (Å²) in [6.07, 6.45) is 0.899. The average Bonchev–Trinajstić information content (AvgIpc) is 2.02. The van der Waals surface area contributed by atoms with Gasteiger partial charge in [0, 0.05) is 6.54 Å². The number of nitrogens with two attached hydrogens (primary N) is 1. The average molecular weight is 187 g/mol. The highest BCUT2D eigenvalue weighted by molar-refractivity contribution is 5.78. The molecule has 0 aromatic heterocycles. The zero-order valence-electron chi connectivity index (χ0n) is 8.75. The molecule has 0 aromatic carbocycles. The molecule has 0 saturated heterocycles. The van der Waals surface area contributed by atoms with Crippen LogP contribution in [0.5, 0.6) is 0 Å². The van der Waals surface area contributed by atoms with Crippen molar-refractivity contribution in [3.63, 3.8) is 0 Å². The van der Waals surface area contributed by atoms with Gasteiger partial charge in [0.25, 0.3) is 0 Å². The molecule has 4 heteroatoms. The van der Waals surface area contributed by atoms with Crippen molar-refractivity contribution in [2.75, 3.05) is 13.2 Å². The van der Waals surface area contributed by atoms with Gasteiger partial charge in [-0.3, -0.25) is 4.99 Å². The minimum absolute atomic E-state index is 0.0234. The van der Waals surface area contributed by atoms with Gasteiger partial charge < -0.3 is 16.2 Å². The van der Waals surface area contributed by atoms with Gasteiger partial charge in [0.2, 0.25) is 0 Å². The number of hydrogen-bond acceptors (Lipinski definition) is 2. The Labute approximate surface area is 80.2 Å². The number of rotatable bonds is 5.